The van der Waals surface area contributed by atoms with Gasteiger partial charge in [0.25, 0.3) is 5.91 Å². The molecule has 2 rings (SSSR count). The van der Waals surface area contributed by atoms with E-state index < -0.39 is 0 Å². The Kier molecular flexibility index (Phi) is 4.35. The number of hydrogen-bond donors (Lipinski definition) is 1. The standard InChI is InChI=1S/C16H19N3O/c1-3-19(11-13-7-4-5-9-15(13)17)16(20)14-8-6-10-18-12(14)2/h4-10H,3,11,17H2,1-2H3. The number of benzene rings is 1. The van der Waals surface area contributed by atoms with E-state index >= 15 is 0 Å². The minimum Gasteiger partial charge on any atom is -0.398 e. The second-order valence-corrected chi connectivity index (χ2v) is 4.65. The summed E-state index contributed by atoms with van der Waals surface area (Å²) in [6.07, 6.45) is 1.69. The van der Waals surface area contributed by atoms with Crippen molar-refractivity contribution in [3.8, 4) is 0 Å². The van der Waals surface area contributed by atoms with Gasteiger partial charge >= 0.3 is 0 Å². The van der Waals surface area contributed by atoms with Gasteiger partial charge in [0.1, 0.15) is 0 Å². The van der Waals surface area contributed by atoms with Crippen molar-refractivity contribution in [1.82, 2.24) is 9.88 Å². The number of nitrogens with zero attached hydrogens (tertiary/aromatic N) is 2. The van der Waals surface area contributed by atoms with Crippen molar-refractivity contribution in [3.63, 3.8) is 0 Å². The summed E-state index contributed by atoms with van der Waals surface area (Å²) < 4.78 is 0. The Morgan fingerprint density at radius 3 is 2.65 bits per heavy atom. The van der Waals surface area contributed by atoms with Gasteiger partial charge in [0.2, 0.25) is 0 Å². The van der Waals surface area contributed by atoms with Gasteiger partial charge in [-0.05, 0) is 37.6 Å². The smallest absolute Gasteiger partial charge is 0.255 e. The van der Waals surface area contributed by atoms with E-state index in [-0.39, 0.29) is 5.91 Å². The highest BCUT2D eigenvalue weighted by Crippen LogP contribution is 2.16. The monoisotopic (exact) mass is 269 g/mol. The molecule has 0 aliphatic carbocycles. The number of nitrogens with two attached hydrogens (primary N) is 1. The van der Waals surface area contributed by atoms with E-state index in [0.29, 0.717) is 24.3 Å². The van der Waals surface area contributed by atoms with Crippen LogP contribution in [0.1, 0.15) is 28.5 Å². The molecule has 0 spiro atoms. The van der Waals surface area contributed by atoms with Crippen LogP contribution in [0.25, 0.3) is 0 Å². The van der Waals surface area contributed by atoms with Gasteiger partial charge in [-0.1, -0.05) is 18.2 Å². The SMILES string of the molecule is CCN(Cc1ccccc1N)C(=O)c1cccnc1C. The molecule has 4 nitrogen and oxygen atoms in total. The van der Waals surface area contributed by atoms with Crippen molar-refractivity contribution >= 4 is 11.6 Å². The molecule has 0 fully saturated rings. The van der Waals surface area contributed by atoms with E-state index in [1.54, 1.807) is 17.2 Å². The zero-order valence-corrected chi connectivity index (χ0v) is 11.8. The maximum absolute atomic E-state index is 12.6. The minimum absolute atomic E-state index is 0.0126. The lowest BCUT2D eigenvalue weighted by atomic mass is 10.1. The molecular weight excluding hydrogens is 250 g/mol. The summed E-state index contributed by atoms with van der Waals surface area (Å²) in [5.41, 5.74) is 9.00. The fraction of sp³-hybridized carbons (Fsp3) is 0.250. The van der Waals surface area contributed by atoms with Crippen molar-refractivity contribution in [2.24, 2.45) is 0 Å². The third-order valence-electron chi connectivity index (χ3n) is 3.32. The van der Waals surface area contributed by atoms with Gasteiger partial charge in [0.05, 0.1) is 5.56 Å². The van der Waals surface area contributed by atoms with Gasteiger partial charge in [-0.15, -0.1) is 0 Å². The molecule has 0 aliphatic rings. The van der Waals surface area contributed by atoms with Crippen molar-refractivity contribution in [2.45, 2.75) is 20.4 Å². The van der Waals surface area contributed by atoms with E-state index in [1.165, 1.54) is 0 Å². The number of carbonyl (C=O) groups is 1. The Labute approximate surface area is 119 Å². The predicted octanol–water partition coefficient (Wildman–Crippen LogP) is 2.63. The van der Waals surface area contributed by atoms with E-state index in [1.807, 2.05) is 44.2 Å². The van der Waals surface area contributed by atoms with Crippen molar-refractivity contribution in [3.05, 3.63) is 59.4 Å². The molecule has 0 saturated heterocycles. The first-order valence-corrected chi connectivity index (χ1v) is 6.67. The van der Waals surface area contributed by atoms with E-state index in [0.717, 1.165) is 11.3 Å². The van der Waals surface area contributed by atoms with E-state index in [2.05, 4.69) is 4.98 Å². The number of para-hydroxylation sites is 1. The molecular formula is C16H19N3O. The maximum Gasteiger partial charge on any atom is 0.255 e. The maximum atomic E-state index is 12.6. The normalized spacial score (nSPS) is 10.3. The summed E-state index contributed by atoms with van der Waals surface area (Å²) in [5.74, 6) is -0.0126. The number of nitrogen functional groups attached to an aromatic ring is 1. The summed E-state index contributed by atoms with van der Waals surface area (Å²) in [4.78, 5) is 18.5. The summed E-state index contributed by atoms with van der Waals surface area (Å²) in [6, 6.07) is 11.2. The number of aryl methyl sites for hydroxylation is 1. The number of pyridine rings is 1. The quantitative estimate of drug-likeness (QED) is 0.868. The Morgan fingerprint density at radius 2 is 2.00 bits per heavy atom. The van der Waals surface area contributed by atoms with E-state index in [9.17, 15) is 4.79 Å². The zero-order valence-electron chi connectivity index (χ0n) is 11.8. The largest absolute Gasteiger partial charge is 0.398 e. The minimum atomic E-state index is -0.0126. The van der Waals surface area contributed by atoms with Gasteiger partial charge in [0, 0.05) is 30.7 Å². The van der Waals surface area contributed by atoms with E-state index in [4.69, 9.17) is 5.73 Å². The number of hydrogen-bond acceptors (Lipinski definition) is 3. The number of anilines is 1. The molecule has 2 aromatic rings. The second-order valence-electron chi connectivity index (χ2n) is 4.65. The first-order chi connectivity index (χ1) is 9.63. The van der Waals surface area contributed by atoms with Gasteiger partial charge in [0.15, 0.2) is 0 Å². The number of carbonyl (C=O) groups excluding carboxylic acids is 1. The lowest BCUT2D eigenvalue weighted by Crippen LogP contribution is -2.31. The molecule has 1 heterocycles. The van der Waals surface area contributed by atoms with Gasteiger partial charge in [-0.25, -0.2) is 0 Å². The molecule has 2 N–H and O–H groups in total. The van der Waals surface area contributed by atoms with Crippen LogP contribution in [-0.4, -0.2) is 22.3 Å². The van der Waals surface area contributed by atoms with Gasteiger partial charge < -0.3 is 10.6 Å². The summed E-state index contributed by atoms with van der Waals surface area (Å²) in [7, 11) is 0. The Hall–Kier alpha value is -2.36. The number of amides is 1. The Morgan fingerprint density at radius 1 is 1.25 bits per heavy atom. The first-order valence-electron chi connectivity index (χ1n) is 6.67. The van der Waals surface area contributed by atoms with Crippen molar-refractivity contribution in [1.29, 1.82) is 0 Å². The molecule has 0 saturated carbocycles. The highest BCUT2D eigenvalue weighted by Gasteiger charge is 2.17. The number of rotatable bonds is 4. The van der Waals surface area contributed by atoms with Crippen LogP contribution in [0.2, 0.25) is 0 Å². The number of aromatic nitrogens is 1. The molecule has 20 heavy (non-hydrogen) atoms. The Bertz CT molecular complexity index is 610. The molecule has 0 aliphatic heterocycles. The molecule has 1 aromatic heterocycles. The van der Waals surface area contributed by atoms with Gasteiger partial charge in [-0.3, -0.25) is 9.78 Å². The molecule has 1 amide bonds. The highest BCUT2D eigenvalue weighted by molar-refractivity contribution is 5.95. The molecule has 0 bridgehead atoms. The third-order valence-corrected chi connectivity index (χ3v) is 3.32. The predicted molar refractivity (Wildman–Crippen MR) is 80.2 cm³/mol. The summed E-state index contributed by atoms with van der Waals surface area (Å²) >= 11 is 0. The molecule has 0 atom stereocenters. The Balaban J connectivity index is 2.23. The van der Waals surface area contributed by atoms with Crippen LogP contribution in [0, 0.1) is 6.92 Å². The lowest BCUT2D eigenvalue weighted by molar-refractivity contribution is 0.0751. The van der Waals surface area contributed by atoms with Crippen LogP contribution in [0.15, 0.2) is 42.6 Å². The fourth-order valence-electron chi connectivity index (χ4n) is 2.09. The van der Waals surface area contributed by atoms with Crippen LogP contribution >= 0.6 is 0 Å². The summed E-state index contributed by atoms with van der Waals surface area (Å²) in [6.45, 7) is 4.94. The zero-order chi connectivity index (χ0) is 14.5. The molecule has 0 unspecified atom stereocenters. The average molecular weight is 269 g/mol. The van der Waals surface area contributed by atoms with Crippen LogP contribution in [0.5, 0.6) is 0 Å². The topological polar surface area (TPSA) is 59.2 Å². The lowest BCUT2D eigenvalue weighted by Gasteiger charge is -2.22. The second kappa shape index (κ2) is 6.19. The average Bonchev–Trinajstić information content (AvgIpc) is 2.46. The summed E-state index contributed by atoms with van der Waals surface area (Å²) in [5, 5.41) is 0. The molecule has 0 radical (unpaired) electrons. The van der Waals surface area contributed by atoms with Crippen LogP contribution in [0.4, 0.5) is 5.69 Å². The molecule has 1 aromatic carbocycles. The van der Waals surface area contributed by atoms with Crippen LogP contribution in [-0.2, 0) is 6.54 Å². The molecule has 104 valence electrons. The third kappa shape index (κ3) is 2.96. The van der Waals surface area contributed by atoms with Crippen LogP contribution < -0.4 is 5.73 Å². The molecule has 4 heteroatoms. The van der Waals surface area contributed by atoms with Crippen molar-refractivity contribution < 1.29 is 4.79 Å². The first kappa shape index (κ1) is 14.1. The highest BCUT2D eigenvalue weighted by atomic mass is 16.2. The van der Waals surface area contributed by atoms with Crippen molar-refractivity contribution in [2.75, 3.05) is 12.3 Å². The van der Waals surface area contributed by atoms with Crippen LogP contribution in [0.3, 0.4) is 0 Å². The van der Waals surface area contributed by atoms with Gasteiger partial charge in [-0.2, -0.15) is 0 Å². The fourth-order valence-corrected chi connectivity index (χ4v) is 2.09.